The van der Waals surface area contributed by atoms with E-state index >= 15 is 0 Å². The number of para-hydroxylation sites is 2. The molecule has 7 aromatic rings. The molecular formula is C29H18N4O2S. The molecule has 0 amide bonds. The molecule has 0 aliphatic carbocycles. The quantitative estimate of drug-likeness (QED) is 0.293. The van der Waals surface area contributed by atoms with Crippen molar-refractivity contribution in [3.8, 4) is 28.7 Å². The minimum absolute atomic E-state index is 0.247. The van der Waals surface area contributed by atoms with Gasteiger partial charge in [-0.05, 0) is 47.2 Å². The Hall–Kier alpha value is -4.75. The van der Waals surface area contributed by atoms with Crippen LogP contribution in [0.25, 0.3) is 49.0 Å². The Morgan fingerprint density at radius 3 is 2.72 bits per heavy atom. The number of ether oxygens (including phenoxy) is 1. The van der Waals surface area contributed by atoms with E-state index in [4.69, 9.17) is 9.72 Å². The molecule has 0 unspecified atom stereocenters. The number of nitrogens with zero attached hydrogens (tertiary/aromatic N) is 3. The van der Waals surface area contributed by atoms with Crippen LogP contribution in [-0.4, -0.2) is 19.5 Å². The normalized spacial score (nSPS) is 11.4. The molecule has 7 heteroatoms. The van der Waals surface area contributed by atoms with Gasteiger partial charge in [0.15, 0.2) is 5.82 Å². The lowest BCUT2D eigenvalue weighted by atomic mass is 10.1. The Morgan fingerprint density at radius 1 is 0.861 bits per heavy atom. The number of hydrogen-bond acceptors (Lipinski definition) is 5. The van der Waals surface area contributed by atoms with E-state index in [9.17, 15) is 4.79 Å². The largest absolute Gasteiger partial charge is 0.439 e. The molecule has 1 N–H and O–H groups in total. The van der Waals surface area contributed by atoms with Gasteiger partial charge in [-0.1, -0.05) is 48.5 Å². The number of pyridine rings is 2. The van der Waals surface area contributed by atoms with Crippen molar-refractivity contribution >= 4 is 43.2 Å². The number of benzene rings is 3. The van der Waals surface area contributed by atoms with Gasteiger partial charge in [-0.2, -0.15) is 4.98 Å². The summed E-state index contributed by atoms with van der Waals surface area (Å²) in [6.45, 7) is 0. The standard InChI is InChI=1S/C29H18N4O2S/c34-29-31-23-10-3-4-11-24(23)33(29)28-21-9-2-1-6-18(21)17-26(32-28)35-20-8-5-7-19(16-20)27-22-13-15-36-25(22)12-14-30-27/h1-17H,(H,31,34). The van der Waals surface area contributed by atoms with Gasteiger partial charge in [-0.3, -0.25) is 4.98 Å². The molecular weight excluding hydrogens is 468 g/mol. The summed E-state index contributed by atoms with van der Waals surface area (Å²) in [4.78, 5) is 25.3. The number of hydrogen-bond donors (Lipinski definition) is 1. The average Bonchev–Trinajstić information content (AvgIpc) is 3.52. The number of rotatable bonds is 4. The average molecular weight is 487 g/mol. The van der Waals surface area contributed by atoms with Gasteiger partial charge in [0, 0.05) is 33.3 Å². The van der Waals surface area contributed by atoms with Gasteiger partial charge in [0.25, 0.3) is 0 Å². The van der Waals surface area contributed by atoms with E-state index in [1.165, 1.54) is 4.70 Å². The highest BCUT2D eigenvalue weighted by molar-refractivity contribution is 7.17. The summed E-state index contributed by atoms with van der Waals surface area (Å²) in [6.07, 6.45) is 1.83. The van der Waals surface area contributed by atoms with Crippen molar-refractivity contribution in [2.24, 2.45) is 0 Å². The Morgan fingerprint density at radius 2 is 1.75 bits per heavy atom. The van der Waals surface area contributed by atoms with Crippen LogP contribution in [0.1, 0.15) is 0 Å². The van der Waals surface area contributed by atoms with Gasteiger partial charge in [-0.15, -0.1) is 11.3 Å². The summed E-state index contributed by atoms with van der Waals surface area (Å²) in [5, 5.41) is 4.97. The van der Waals surface area contributed by atoms with E-state index in [0.29, 0.717) is 17.4 Å². The highest BCUT2D eigenvalue weighted by Gasteiger charge is 2.15. The maximum absolute atomic E-state index is 13.0. The predicted octanol–water partition coefficient (Wildman–Crippen LogP) is 6.94. The zero-order valence-electron chi connectivity index (χ0n) is 18.9. The molecule has 36 heavy (non-hydrogen) atoms. The van der Waals surface area contributed by atoms with E-state index in [1.807, 2.05) is 91.1 Å². The number of aromatic amines is 1. The Balaban J connectivity index is 1.36. The van der Waals surface area contributed by atoms with Gasteiger partial charge >= 0.3 is 5.69 Å². The Labute approximate surface area is 209 Å². The van der Waals surface area contributed by atoms with Crippen molar-refractivity contribution in [1.29, 1.82) is 0 Å². The van der Waals surface area contributed by atoms with Gasteiger partial charge in [-0.25, -0.2) is 9.36 Å². The molecule has 3 aromatic carbocycles. The van der Waals surface area contributed by atoms with Crippen molar-refractivity contribution in [3.63, 3.8) is 0 Å². The van der Waals surface area contributed by atoms with Crippen molar-refractivity contribution in [2.45, 2.75) is 0 Å². The third kappa shape index (κ3) is 3.37. The molecule has 172 valence electrons. The molecule has 0 bridgehead atoms. The Bertz CT molecular complexity index is 1970. The first-order valence-electron chi connectivity index (χ1n) is 11.4. The third-order valence-electron chi connectivity index (χ3n) is 6.21. The summed E-state index contributed by atoms with van der Waals surface area (Å²) in [5.74, 6) is 1.56. The second-order valence-corrected chi connectivity index (χ2v) is 9.36. The number of thiophene rings is 1. The summed E-state index contributed by atoms with van der Waals surface area (Å²) in [6, 6.07) is 29.3. The van der Waals surface area contributed by atoms with Gasteiger partial charge in [0.1, 0.15) is 5.75 Å². The molecule has 4 aromatic heterocycles. The first-order chi connectivity index (χ1) is 17.7. The van der Waals surface area contributed by atoms with Gasteiger partial charge in [0.2, 0.25) is 5.88 Å². The lowest BCUT2D eigenvalue weighted by Crippen LogP contribution is -2.16. The molecule has 0 fully saturated rings. The van der Waals surface area contributed by atoms with E-state index in [1.54, 1.807) is 15.9 Å². The highest BCUT2D eigenvalue weighted by atomic mass is 32.1. The maximum Gasteiger partial charge on any atom is 0.332 e. The lowest BCUT2D eigenvalue weighted by Gasteiger charge is -2.12. The summed E-state index contributed by atoms with van der Waals surface area (Å²) < 4.78 is 9.06. The Kier molecular flexibility index (Phi) is 4.68. The van der Waals surface area contributed by atoms with E-state index < -0.39 is 0 Å². The fourth-order valence-electron chi connectivity index (χ4n) is 4.60. The fraction of sp³-hybridized carbons (Fsp3) is 0. The summed E-state index contributed by atoms with van der Waals surface area (Å²) >= 11 is 1.69. The fourth-order valence-corrected chi connectivity index (χ4v) is 5.38. The van der Waals surface area contributed by atoms with Gasteiger partial charge in [0.05, 0.1) is 16.7 Å². The van der Waals surface area contributed by atoms with Crippen LogP contribution in [0.4, 0.5) is 0 Å². The molecule has 7 rings (SSSR count). The first-order valence-corrected chi connectivity index (χ1v) is 12.3. The van der Waals surface area contributed by atoms with Crippen LogP contribution in [0.3, 0.4) is 0 Å². The van der Waals surface area contributed by atoms with Crippen LogP contribution in [0.15, 0.2) is 107 Å². The smallest absolute Gasteiger partial charge is 0.332 e. The number of aromatic nitrogens is 4. The minimum Gasteiger partial charge on any atom is -0.439 e. The molecule has 0 atom stereocenters. The summed E-state index contributed by atoms with van der Waals surface area (Å²) in [5.41, 5.74) is 3.14. The number of H-pyrrole nitrogens is 1. The topological polar surface area (TPSA) is 72.8 Å². The third-order valence-corrected chi connectivity index (χ3v) is 7.09. The van der Waals surface area contributed by atoms with Gasteiger partial charge < -0.3 is 9.72 Å². The van der Waals surface area contributed by atoms with E-state index in [-0.39, 0.29) is 5.69 Å². The van der Waals surface area contributed by atoms with Crippen LogP contribution in [0, 0.1) is 0 Å². The molecule has 0 aliphatic heterocycles. The zero-order chi connectivity index (χ0) is 24.1. The molecule has 0 radical (unpaired) electrons. The maximum atomic E-state index is 13.0. The van der Waals surface area contributed by atoms with Crippen LogP contribution in [0.5, 0.6) is 11.6 Å². The molecule has 0 spiro atoms. The number of nitrogens with one attached hydrogen (secondary N) is 1. The zero-order valence-corrected chi connectivity index (χ0v) is 19.7. The van der Waals surface area contributed by atoms with Crippen molar-refractivity contribution in [1.82, 2.24) is 19.5 Å². The monoisotopic (exact) mass is 486 g/mol. The molecule has 0 saturated heterocycles. The first kappa shape index (κ1) is 20.6. The van der Waals surface area contributed by atoms with Crippen molar-refractivity contribution < 1.29 is 4.74 Å². The number of fused-ring (bicyclic) bond motifs is 3. The molecule has 4 heterocycles. The van der Waals surface area contributed by atoms with Crippen LogP contribution in [-0.2, 0) is 0 Å². The molecule has 0 saturated carbocycles. The minimum atomic E-state index is -0.247. The van der Waals surface area contributed by atoms with Crippen LogP contribution >= 0.6 is 11.3 Å². The van der Waals surface area contributed by atoms with Crippen LogP contribution < -0.4 is 10.4 Å². The van der Waals surface area contributed by atoms with E-state index in [0.717, 1.165) is 38.4 Å². The van der Waals surface area contributed by atoms with E-state index in [2.05, 4.69) is 21.4 Å². The molecule has 6 nitrogen and oxygen atoms in total. The lowest BCUT2D eigenvalue weighted by molar-refractivity contribution is 0.463. The second-order valence-electron chi connectivity index (χ2n) is 8.41. The van der Waals surface area contributed by atoms with Crippen LogP contribution in [0.2, 0.25) is 0 Å². The SMILES string of the molecule is O=c1[nH]c2ccccc2n1-c1nc(Oc2cccc(-c3nccc4sccc34)c2)cc2ccccc12. The molecule has 0 aliphatic rings. The van der Waals surface area contributed by atoms with Crippen molar-refractivity contribution in [2.75, 3.05) is 0 Å². The van der Waals surface area contributed by atoms with Crippen molar-refractivity contribution in [3.05, 3.63) is 113 Å². The highest BCUT2D eigenvalue weighted by Crippen LogP contribution is 2.33. The second kappa shape index (κ2) is 8.18. The number of imidazole rings is 1. The summed E-state index contributed by atoms with van der Waals surface area (Å²) in [7, 11) is 0. The predicted molar refractivity (Wildman–Crippen MR) is 144 cm³/mol.